The minimum absolute atomic E-state index is 0.392. The predicted octanol–water partition coefficient (Wildman–Crippen LogP) is 4.19. The zero-order valence-corrected chi connectivity index (χ0v) is 12.4. The molecule has 0 atom stereocenters. The van der Waals surface area contributed by atoms with Crippen LogP contribution in [0, 0.1) is 5.92 Å². The molecular weight excluding hydrogens is 269 g/mol. The van der Waals surface area contributed by atoms with Crippen LogP contribution < -0.4 is 4.90 Å². The molecule has 1 aliphatic rings. The molecule has 3 nitrogen and oxygen atoms in total. The molecule has 1 saturated carbocycles. The Morgan fingerprint density at radius 3 is 2.50 bits per heavy atom. The van der Waals surface area contributed by atoms with Gasteiger partial charge in [-0.25, -0.2) is 0 Å². The molecule has 0 spiro atoms. The van der Waals surface area contributed by atoms with Crippen molar-refractivity contribution in [1.82, 2.24) is 10.2 Å². The van der Waals surface area contributed by atoms with Crippen molar-refractivity contribution in [2.45, 2.75) is 45.1 Å². The highest BCUT2D eigenvalue weighted by atomic mass is 35.5. The van der Waals surface area contributed by atoms with Crippen molar-refractivity contribution in [2.24, 2.45) is 5.92 Å². The minimum Gasteiger partial charge on any atom is -0.369 e. The summed E-state index contributed by atoms with van der Waals surface area (Å²) in [6.07, 6.45) is 6.32. The summed E-state index contributed by atoms with van der Waals surface area (Å²) in [5, 5.41) is 8.44. The molecule has 18 heavy (non-hydrogen) atoms. The van der Waals surface area contributed by atoms with E-state index in [-0.39, 0.29) is 0 Å². The molecule has 1 heterocycles. The van der Waals surface area contributed by atoms with Gasteiger partial charge in [0.15, 0.2) is 10.3 Å². The van der Waals surface area contributed by atoms with Crippen LogP contribution in [0.5, 0.6) is 0 Å². The monoisotopic (exact) mass is 287 g/mol. The third-order valence-electron chi connectivity index (χ3n) is 4.02. The predicted molar refractivity (Wildman–Crippen MR) is 76.5 cm³/mol. The maximum atomic E-state index is 6.09. The van der Waals surface area contributed by atoms with E-state index in [1.54, 1.807) is 6.07 Å². The van der Waals surface area contributed by atoms with Crippen molar-refractivity contribution in [2.75, 3.05) is 11.9 Å². The summed E-state index contributed by atoms with van der Waals surface area (Å²) >= 11 is 12.0. The maximum absolute atomic E-state index is 6.09. The Hall–Kier alpha value is -0.540. The molecule has 0 saturated heterocycles. The molecule has 0 radical (unpaired) electrons. The molecule has 0 aromatic carbocycles. The first-order valence-electron chi connectivity index (χ1n) is 6.53. The van der Waals surface area contributed by atoms with Crippen LogP contribution in [-0.4, -0.2) is 23.3 Å². The summed E-state index contributed by atoms with van der Waals surface area (Å²) < 4.78 is 0. The van der Waals surface area contributed by atoms with E-state index in [1.807, 2.05) is 0 Å². The second-order valence-electron chi connectivity index (χ2n) is 5.04. The van der Waals surface area contributed by atoms with Crippen LogP contribution in [0.15, 0.2) is 6.07 Å². The highest BCUT2D eigenvalue weighted by Gasteiger charge is 2.24. The van der Waals surface area contributed by atoms with Crippen molar-refractivity contribution in [3.63, 3.8) is 0 Å². The Morgan fingerprint density at radius 2 is 1.89 bits per heavy atom. The van der Waals surface area contributed by atoms with E-state index in [0.29, 0.717) is 16.3 Å². The van der Waals surface area contributed by atoms with Gasteiger partial charge in [-0.15, -0.1) is 10.2 Å². The first kappa shape index (κ1) is 13.9. The van der Waals surface area contributed by atoms with Crippen LogP contribution in [-0.2, 0) is 0 Å². The number of hydrogen-bond donors (Lipinski definition) is 0. The Morgan fingerprint density at radius 1 is 1.22 bits per heavy atom. The van der Waals surface area contributed by atoms with Gasteiger partial charge in [-0.05, 0) is 31.6 Å². The number of halogens is 2. The van der Waals surface area contributed by atoms with Crippen LogP contribution in [0.25, 0.3) is 0 Å². The zero-order chi connectivity index (χ0) is 13.1. The molecule has 0 aliphatic heterocycles. The van der Waals surface area contributed by atoms with E-state index in [4.69, 9.17) is 23.2 Å². The van der Waals surface area contributed by atoms with Crippen LogP contribution in [0.1, 0.15) is 39.0 Å². The summed E-state index contributed by atoms with van der Waals surface area (Å²) in [5.41, 5.74) is 0.886. The second-order valence-corrected chi connectivity index (χ2v) is 5.78. The van der Waals surface area contributed by atoms with Crippen LogP contribution in [0.2, 0.25) is 10.3 Å². The average molecular weight is 288 g/mol. The number of aromatic nitrogens is 2. The Labute approximate surface area is 118 Å². The van der Waals surface area contributed by atoms with E-state index in [0.717, 1.165) is 11.6 Å². The van der Waals surface area contributed by atoms with Gasteiger partial charge in [0.1, 0.15) is 0 Å². The fourth-order valence-corrected chi connectivity index (χ4v) is 3.10. The normalized spacial score (nSPS) is 24.0. The minimum atomic E-state index is 0.392. The molecule has 0 N–H and O–H groups in total. The molecule has 0 amide bonds. The summed E-state index contributed by atoms with van der Waals surface area (Å²) in [5.74, 6) is 0.893. The smallest absolute Gasteiger partial charge is 0.175 e. The van der Waals surface area contributed by atoms with E-state index in [1.165, 1.54) is 32.1 Å². The van der Waals surface area contributed by atoms with Crippen molar-refractivity contribution < 1.29 is 0 Å². The fourth-order valence-electron chi connectivity index (χ4n) is 2.73. The SMILES string of the molecule is CCC1CCC(N(C)c2cc(Cl)nnc2Cl)CC1. The zero-order valence-electron chi connectivity index (χ0n) is 10.9. The molecule has 1 aliphatic carbocycles. The molecule has 1 aromatic heterocycles. The second kappa shape index (κ2) is 6.07. The Balaban J connectivity index is 2.07. The lowest BCUT2D eigenvalue weighted by Gasteiger charge is -2.35. The van der Waals surface area contributed by atoms with Gasteiger partial charge in [-0.3, -0.25) is 0 Å². The number of anilines is 1. The lowest BCUT2D eigenvalue weighted by molar-refractivity contribution is 0.313. The summed E-state index contributed by atoms with van der Waals surface area (Å²) in [7, 11) is 2.07. The van der Waals surface area contributed by atoms with Gasteiger partial charge in [0.2, 0.25) is 0 Å². The first-order valence-corrected chi connectivity index (χ1v) is 7.29. The van der Waals surface area contributed by atoms with E-state index in [9.17, 15) is 0 Å². The maximum Gasteiger partial charge on any atom is 0.175 e. The topological polar surface area (TPSA) is 29.0 Å². The highest BCUT2D eigenvalue weighted by molar-refractivity contribution is 6.33. The van der Waals surface area contributed by atoms with E-state index >= 15 is 0 Å². The van der Waals surface area contributed by atoms with Gasteiger partial charge >= 0.3 is 0 Å². The van der Waals surface area contributed by atoms with Crippen LogP contribution in [0.3, 0.4) is 0 Å². The average Bonchev–Trinajstić information content (AvgIpc) is 2.41. The van der Waals surface area contributed by atoms with Gasteiger partial charge < -0.3 is 4.90 Å². The highest BCUT2D eigenvalue weighted by Crippen LogP contribution is 2.33. The molecule has 100 valence electrons. The molecule has 0 unspecified atom stereocenters. The standard InChI is InChI=1S/C13H19Cl2N3/c1-3-9-4-6-10(7-5-9)18(2)11-8-12(14)16-17-13(11)15/h8-10H,3-7H2,1-2H3. The van der Waals surface area contributed by atoms with E-state index < -0.39 is 0 Å². The summed E-state index contributed by atoms with van der Waals surface area (Å²) in [6.45, 7) is 2.28. The third kappa shape index (κ3) is 3.07. The summed E-state index contributed by atoms with van der Waals surface area (Å²) in [4.78, 5) is 2.20. The van der Waals surface area contributed by atoms with Gasteiger partial charge in [0.05, 0.1) is 5.69 Å². The molecule has 0 bridgehead atoms. The molecular formula is C13H19Cl2N3. The largest absolute Gasteiger partial charge is 0.369 e. The quantitative estimate of drug-likeness (QED) is 0.835. The Kier molecular flexibility index (Phi) is 4.68. The van der Waals surface area contributed by atoms with Crippen LogP contribution >= 0.6 is 23.2 Å². The lowest BCUT2D eigenvalue weighted by atomic mass is 9.84. The number of hydrogen-bond acceptors (Lipinski definition) is 3. The molecule has 1 aromatic rings. The number of nitrogens with zero attached hydrogens (tertiary/aromatic N) is 3. The molecule has 1 fully saturated rings. The third-order valence-corrected chi connectivity index (χ3v) is 4.48. The van der Waals surface area contributed by atoms with Crippen molar-refractivity contribution in [1.29, 1.82) is 0 Å². The molecule has 2 rings (SSSR count). The molecule has 5 heteroatoms. The lowest BCUT2D eigenvalue weighted by Crippen LogP contribution is -2.35. The van der Waals surface area contributed by atoms with Gasteiger partial charge in [0, 0.05) is 19.2 Å². The van der Waals surface area contributed by atoms with Gasteiger partial charge in [-0.2, -0.15) is 0 Å². The van der Waals surface area contributed by atoms with Gasteiger partial charge in [-0.1, -0.05) is 36.5 Å². The van der Waals surface area contributed by atoms with Crippen molar-refractivity contribution >= 4 is 28.9 Å². The van der Waals surface area contributed by atoms with E-state index in [2.05, 4.69) is 29.1 Å². The number of rotatable bonds is 3. The fraction of sp³-hybridized carbons (Fsp3) is 0.692. The van der Waals surface area contributed by atoms with Crippen LogP contribution in [0.4, 0.5) is 5.69 Å². The van der Waals surface area contributed by atoms with Gasteiger partial charge in [0.25, 0.3) is 0 Å². The summed E-state index contributed by atoms with van der Waals surface area (Å²) in [6, 6.07) is 2.33. The first-order chi connectivity index (χ1) is 8.61. The Bertz CT molecular complexity index is 403. The van der Waals surface area contributed by atoms with Crippen molar-refractivity contribution in [3.8, 4) is 0 Å². The van der Waals surface area contributed by atoms with Crippen molar-refractivity contribution in [3.05, 3.63) is 16.4 Å².